The number of carbonyl (C=O) groups is 1. The van der Waals surface area contributed by atoms with Gasteiger partial charge >= 0.3 is 0 Å². The topological polar surface area (TPSA) is 73.9 Å². The standard InChI is InChI=1S/C24H29N5O/c1-17-9-10-22(25-14-17)29-15-24(16-29,13-20-7-5-4-6-8-20)23(30)26-18(2)11-21-12-19(3)27-28-21/h4-10,12,14,18H,11,13,15-16H2,1-3H3,(H,26,30)(H,27,28). The Morgan fingerprint density at radius 1 is 1.20 bits per heavy atom. The van der Waals surface area contributed by atoms with Crippen molar-refractivity contribution in [1.82, 2.24) is 20.5 Å². The van der Waals surface area contributed by atoms with E-state index in [1.807, 2.05) is 57.3 Å². The van der Waals surface area contributed by atoms with Crippen LogP contribution >= 0.6 is 0 Å². The second-order valence-electron chi connectivity index (χ2n) is 8.61. The lowest BCUT2D eigenvalue weighted by Gasteiger charge is -2.50. The predicted molar refractivity (Wildman–Crippen MR) is 118 cm³/mol. The molecular formula is C24H29N5O. The van der Waals surface area contributed by atoms with Gasteiger partial charge in [-0.1, -0.05) is 36.4 Å². The minimum Gasteiger partial charge on any atom is -0.354 e. The van der Waals surface area contributed by atoms with Crippen LogP contribution in [0.1, 0.15) is 29.4 Å². The van der Waals surface area contributed by atoms with Gasteiger partial charge in [-0.25, -0.2) is 4.98 Å². The summed E-state index contributed by atoms with van der Waals surface area (Å²) in [6.07, 6.45) is 3.30. The van der Waals surface area contributed by atoms with Gasteiger partial charge in [0.25, 0.3) is 0 Å². The van der Waals surface area contributed by atoms with Crippen LogP contribution in [0.15, 0.2) is 54.7 Å². The van der Waals surface area contributed by atoms with Crippen molar-refractivity contribution in [1.29, 1.82) is 0 Å². The third-order valence-electron chi connectivity index (χ3n) is 5.73. The van der Waals surface area contributed by atoms with Gasteiger partial charge in [0.15, 0.2) is 0 Å². The summed E-state index contributed by atoms with van der Waals surface area (Å²) in [5, 5.41) is 10.5. The molecule has 0 bridgehead atoms. The van der Waals surface area contributed by atoms with Crippen LogP contribution in [-0.4, -0.2) is 40.2 Å². The molecule has 6 heteroatoms. The van der Waals surface area contributed by atoms with Gasteiger partial charge in [-0.3, -0.25) is 9.89 Å². The monoisotopic (exact) mass is 403 g/mol. The summed E-state index contributed by atoms with van der Waals surface area (Å²) in [7, 11) is 0. The van der Waals surface area contributed by atoms with Crippen molar-refractivity contribution in [3.05, 3.63) is 77.2 Å². The van der Waals surface area contributed by atoms with E-state index < -0.39 is 5.41 Å². The van der Waals surface area contributed by atoms with Gasteiger partial charge in [-0.05, 0) is 50.5 Å². The zero-order valence-corrected chi connectivity index (χ0v) is 17.9. The Kier molecular flexibility index (Phi) is 5.57. The van der Waals surface area contributed by atoms with Crippen LogP contribution in [0, 0.1) is 19.3 Å². The number of aryl methyl sites for hydroxylation is 2. The number of aromatic amines is 1. The number of benzene rings is 1. The summed E-state index contributed by atoms with van der Waals surface area (Å²) in [5.41, 5.74) is 3.86. The summed E-state index contributed by atoms with van der Waals surface area (Å²) in [6, 6.07) is 16.4. The summed E-state index contributed by atoms with van der Waals surface area (Å²) >= 11 is 0. The zero-order chi connectivity index (χ0) is 21.1. The van der Waals surface area contributed by atoms with E-state index in [-0.39, 0.29) is 11.9 Å². The molecule has 6 nitrogen and oxygen atoms in total. The number of H-pyrrole nitrogens is 1. The smallest absolute Gasteiger partial charge is 0.230 e. The molecule has 0 aliphatic carbocycles. The molecule has 1 atom stereocenters. The maximum absolute atomic E-state index is 13.4. The lowest BCUT2D eigenvalue weighted by Crippen LogP contribution is -2.65. The Hall–Kier alpha value is -3.15. The van der Waals surface area contributed by atoms with Crippen LogP contribution in [0.25, 0.3) is 0 Å². The maximum Gasteiger partial charge on any atom is 0.230 e. The second kappa shape index (κ2) is 8.30. The molecule has 2 N–H and O–H groups in total. The van der Waals surface area contributed by atoms with E-state index in [0.29, 0.717) is 19.5 Å². The van der Waals surface area contributed by atoms with Gasteiger partial charge in [0, 0.05) is 37.4 Å². The Balaban J connectivity index is 1.47. The number of pyridine rings is 1. The number of nitrogens with one attached hydrogen (secondary N) is 2. The van der Waals surface area contributed by atoms with E-state index in [1.54, 1.807) is 0 Å². The van der Waals surface area contributed by atoms with Gasteiger partial charge < -0.3 is 10.2 Å². The largest absolute Gasteiger partial charge is 0.354 e. The molecule has 1 amide bonds. The minimum atomic E-state index is -0.455. The lowest BCUT2D eigenvalue weighted by molar-refractivity contribution is -0.133. The first-order chi connectivity index (χ1) is 14.4. The lowest BCUT2D eigenvalue weighted by atomic mass is 9.73. The van der Waals surface area contributed by atoms with Crippen LogP contribution in [-0.2, 0) is 17.6 Å². The summed E-state index contributed by atoms with van der Waals surface area (Å²) in [5.74, 6) is 1.03. The first-order valence-corrected chi connectivity index (χ1v) is 10.5. The van der Waals surface area contributed by atoms with Crippen LogP contribution in [0.5, 0.6) is 0 Å². The molecule has 1 aliphatic heterocycles. The molecular weight excluding hydrogens is 374 g/mol. The SMILES string of the molecule is Cc1ccc(N2CC(Cc3ccccc3)(C(=O)NC(C)Cc3cc(C)[nH]n3)C2)nc1. The molecule has 30 heavy (non-hydrogen) atoms. The molecule has 156 valence electrons. The van der Waals surface area contributed by atoms with Crippen molar-refractivity contribution in [2.45, 2.75) is 39.7 Å². The van der Waals surface area contributed by atoms with Crippen LogP contribution in [0.4, 0.5) is 5.82 Å². The molecule has 1 unspecified atom stereocenters. The molecule has 3 aromatic rings. The van der Waals surface area contributed by atoms with Crippen molar-refractivity contribution in [2.75, 3.05) is 18.0 Å². The fourth-order valence-corrected chi connectivity index (χ4v) is 4.14. The van der Waals surface area contributed by atoms with Gasteiger partial charge in [-0.2, -0.15) is 5.10 Å². The predicted octanol–water partition coefficient (Wildman–Crippen LogP) is 3.22. The molecule has 1 aliphatic rings. The highest BCUT2D eigenvalue weighted by Crippen LogP contribution is 2.37. The zero-order valence-electron chi connectivity index (χ0n) is 17.9. The van der Waals surface area contributed by atoms with E-state index in [4.69, 9.17) is 0 Å². The van der Waals surface area contributed by atoms with E-state index >= 15 is 0 Å². The van der Waals surface area contributed by atoms with Gasteiger partial charge in [0.2, 0.25) is 5.91 Å². The third-order valence-corrected chi connectivity index (χ3v) is 5.73. The fraction of sp³-hybridized carbons (Fsp3) is 0.375. The number of aromatic nitrogens is 3. The Morgan fingerprint density at radius 2 is 1.97 bits per heavy atom. The number of nitrogens with zero attached hydrogens (tertiary/aromatic N) is 3. The van der Waals surface area contributed by atoms with E-state index in [9.17, 15) is 4.79 Å². The van der Waals surface area contributed by atoms with Gasteiger partial charge in [0.05, 0.1) is 11.1 Å². The maximum atomic E-state index is 13.4. The van der Waals surface area contributed by atoms with Crippen LogP contribution < -0.4 is 10.2 Å². The molecule has 1 fully saturated rings. The number of anilines is 1. The second-order valence-corrected chi connectivity index (χ2v) is 8.61. The Bertz CT molecular complexity index is 990. The average molecular weight is 404 g/mol. The van der Waals surface area contributed by atoms with Crippen LogP contribution in [0.2, 0.25) is 0 Å². The summed E-state index contributed by atoms with van der Waals surface area (Å²) in [4.78, 5) is 20.1. The fourth-order valence-electron chi connectivity index (χ4n) is 4.14. The number of hydrogen-bond donors (Lipinski definition) is 2. The first-order valence-electron chi connectivity index (χ1n) is 10.5. The normalized spacial score (nSPS) is 16.0. The van der Waals surface area contributed by atoms with E-state index in [2.05, 4.69) is 43.6 Å². The molecule has 0 spiro atoms. The molecule has 1 aromatic carbocycles. The van der Waals surface area contributed by atoms with Crippen molar-refractivity contribution < 1.29 is 4.79 Å². The van der Waals surface area contributed by atoms with E-state index in [1.165, 1.54) is 5.56 Å². The Morgan fingerprint density at radius 3 is 2.60 bits per heavy atom. The van der Waals surface area contributed by atoms with Crippen molar-refractivity contribution in [3.63, 3.8) is 0 Å². The Labute approximate surface area is 177 Å². The number of rotatable bonds is 7. The quantitative estimate of drug-likeness (QED) is 0.635. The van der Waals surface area contributed by atoms with Crippen molar-refractivity contribution in [2.24, 2.45) is 5.41 Å². The number of hydrogen-bond acceptors (Lipinski definition) is 4. The number of carbonyl (C=O) groups excluding carboxylic acids is 1. The molecule has 2 aromatic heterocycles. The highest BCUT2D eigenvalue weighted by Gasteiger charge is 2.49. The molecule has 1 saturated heterocycles. The van der Waals surface area contributed by atoms with E-state index in [0.717, 1.165) is 29.2 Å². The first kappa shape index (κ1) is 20.1. The average Bonchev–Trinajstić information content (AvgIpc) is 3.10. The van der Waals surface area contributed by atoms with Crippen molar-refractivity contribution in [3.8, 4) is 0 Å². The van der Waals surface area contributed by atoms with Crippen molar-refractivity contribution >= 4 is 11.7 Å². The minimum absolute atomic E-state index is 0.0133. The molecule has 3 heterocycles. The number of amides is 1. The molecule has 0 saturated carbocycles. The summed E-state index contributed by atoms with van der Waals surface area (Å²) < 4.78 is 0. The highest BCUT2D eigenvalue weighted by molar-refractivity contribution is 5.86. The van der Waals surface area contributed by atoms with Gasteiger partial charge in [0.1, 0.15) is 5.82 Å². The molecule has 0 radical (unpaired) electrons. The third kappa shape index (κ3) is 4.37. The highest BCUT2D eigenvalue weighted by atomic mass is 16.2. The van der Waals surface area contributed by atoms with Gasteiger partial charge in [-0.15, -0.1) is 0 Å². The van der Waals surface area contributed by atoms with Crippen LogP contribution in [0.3, 0.4) is 0 Å². The molecule has 4 rings (SSSR count). The summed E-state index contributed by atoms with van der Waals surface area (Å²) in [6.45, 7) is 7.38.